The van der Waals surface area contributed by atoms with Crippen LogP contribution in [-0.4, -0.2) is 32.7 Å². The maximum absolute atomic E-state index is 11.6. The Hall–Kier alpha value is -3.41. The highest BCUT2D eigenvalue weighted by Gasteiger charge is 2.19. The highest BCUT2D eigenvalue weighted by atomic mass is 35.5. The van der Waals surface area contributed by atoms with Crippen molar-refractivity contribution >= 4 is 46.9 Å². The molecule has 3 aromatic rings. The van der Waals surface area contributed by atoms with Crippen molar-refractivity contribution in [2.24, 2.45) is 0 Å². The van der Waals surface area contributed by atoms with E-state index in [-0.39, 0.29) is 24.9 Å². The summed E-state index contributed by atoms with van der Waals surface area (Å²) >= 11 is 12.5. The topological polar surface area (TPSA) is 115 Å². The minimum Gasteiger partial charge on any atom is -0.465 e. The number of nitrogens with zero attached hydrogens (tertiary/aromatic N) is 5. The molecule has 3 rings (SSSR count). The van der Waals surface area contributed by atoms with Crippen LogP contribution in [0.15, 0.2) is 42.5 Å². The largest absolute Gasteiger partial charge is 0.465 e. The van der Waals surface area contributed by atoms with Crippen molar-refractivity contribution in [3.05, 3.63) is 69.5 Å². The number of nitrogens with one attached hydrogen (secondary N) is 1. The van der Waals surface area contributed by atoms with E-state index in [0.29, 0.717) is 32.7 Å². The van der Waals surface area contributed by atoms with Crippen LogP contribution in [0.4, 0.5) is 22.4 Å². The fourth-order valence-corrected chi connectivity index (χ4v) is 3.17. The minimum absolute atomic E-state index is 0.0191. The number of rotatable bonds is 6. The second-order valence-electron chi connectivity index (χ2n) is 6.09. The molecule has 0 fully saturated rings. The van der Waals surface area contributed by atoms with Gasteiger partial charge >= 0.3 is 6.09 Å². The molecular weight excluding hydrogens is 427 g/mol. The summed E-state index contributed by atoms with van der Waals surface area (Å²) in [5, 5.41) is 22.3. The van der Waals surface area contributed by atoms with Gasteiger partial charge in [0.15, 0.2) is 0 Å². The number of anilines is 3. The zero-order chi connectivity index (χ0) is 21.7. The van der Waals surface area contributed by atoms with Gasteiger partial charge in [-0.25, -0.2) is 9.69 Å². The third kappa shape index (κ3) is 4.95. The van der Waals surface area contributed by atoms with Gasteiger partial charge in [0.25, 0.3) is 0 Å². The van der Waals surface area contributed by atoms with Crippen molar-refractivity contribution < 1.29 is 9.90 Å². The Bertz CT molecular complexity index is 1100. The van der Waals surface area contributed by atoms with E-state index in [4.69, 9.17) is 28.5 Å². The number of amides is 1. The molecule has 0 unspecified atom stereocenters. The predicted molar refractivity (Wildman–Crippen MR) is 115 cm³/mol. The highest BCUT2D eigenvalue weighted by molar-refractivity contribution is 6.36. The van der Waals surface area contributed by atoms with Crippen molar-refractivity contribution in [2.45, 2.75) is 13.3 Å². The van der Waals surface area contributed by atoms with E-state index in [9.17, 15) is 9.90 Å². The van der Waals surface area contributed by atoms with Crippen LogP contribution in [0.2, 0.25) is 10.0 Å². The summed E-state index contributed by atoms with van der Waals surface area (Å²) < 4.78 is 0. The molecule has 0 saturated carbocycles. The van der Waals surface area contributed by atoms with Crippen LogP contribution >= 0.6 is 23.2 Å². The molecule has 1 heterocycles. The van der Waals surface area contributed by atoms with Crippen LogP contribution in [0.1, 0.15) is 23.9 Å². The van der Waals surface area contributed by atoms with Crippen molar-refractivity contribution in [1.29, 1.82) is 5.26 Å². The molecule has 2 N–H and O–H groups in total. The second-order valence-corrected chi connectivity index (χ2v) is 6.91. The van der Waals surface area contributed by atoms with E-state index in [2.05, 4.69) is 20.3 Å². The first-order valence-electron chi connectivity index (χ1n) is 8.86. The molecule has 10 heteroatoms. The average molecular weight is 443 g/mol. The molecule has 0 bridgehead atoms. The van der Waals surface area contributed by atoms with Crippen LogP contribution < -0.4 is 10.2 Å². The van der Waals surface area contributed by atoms with E-state index in [1.165, 1.54) is 0 Å². The Labute approximate surface area is 182 Å². The smallest absolute Gasteiger partial charge is 0.414 e. The van der Waals surface area contributed by atoms with Crippen LogP contribution in [-0.2, 0) is 6.42 Å². The molecule has 0 aliphatic rings. The van der Waals surface area contributed by atoms with Gasteiger partial charge < -0.3 is 10.4 Å². The third-order valence-electron chi connectivity index (χ3n) is 4.13. The van der Waals surface area contributed by atoms with Crippen molar-refractivity contribution in [2.75, 3.05) is 16.8 Å². The number of nitriles is 1. The van der Waals surface area contributed by atoms with Gasteiger partial charge in [-0.1, -0.05) is 29.3 Å². The first kappa shape index (κ1) is 21.3. The number of halogens is 2. The number of aromatic nitrogens is 3. The zero-order valence-corrected chi connectivity index (χ0v) is 17.3. The highest BCUT2D eigenvalue weighted by Crippen LogP contribution is 2.27. The molecule has 0 saturated heterocycles. The lowest BCUT2D eigenvalue weighted by atomic mass is 10.1. The van der Waals surface area contributed by atoms with E-state index in [0.717, 1.165) is 4.90 Å². The minimum atomic E-state index is -1.19. The summed E-state index contributed by atoms with van der Waals surface area (Å²) in [6, 6.07) is 13.9. The molecule has 8 nitrogen and oxygen atoms in total. The molecule has 30 heavy (non-hydrogen) atoms. The quantitative estimate of drug-likeness (QED) is 0.557. The predicted octanol–water partition coefficient (Wildman–Crippen LogP) is 4.89. The van der Waals surface area contributed by atoms with Crippen LogP contribution in [0.3, 0.4) is 0 Å². The molecule has 0 radical (unpaired) electrons. The summed E-state index contributed by atoms with van der Waals surface area (Å²) in [7, 11) is 0. The van der Waals surface area contributed by atoms with Gasteiger partial charge in [0.1, 0.15) is 5.82 Å². The van der Waals surface area contributed by atoms with E-state index >= 15 is 0 Å². The summed E-state index contributed by atoms with van der Waals surface area (Å²) in [5.41, 5.74) is 1.76. The summed E-state index contributed by atoms with van der Waals surface area (Å²) in [6.07, 6.45) is -0.998. The standard InChI is InChI=1S/C20H16Cl2N6O2/c1-2-28(20(29)30)19-26-17(10-14-15(21)4-3-5-16(14)22)25-18(27-19)24-13-8-6-12(11-23)7-9-13/h3-9H,2,10H2,1H3,(H,29,30)(H,24,25,26,27). The fourth-order valence-electron chi connectivity index (χ4n) is 2.64. The molecule has 0 spiro atoms. The summed E-state index contributed by atoms with van der Waals surface area (Å²) in [4.78, 5) is 25.5. The Morgan fingerprint density at radius 1 is 1.13 bits per heavy atom. The number of hydrogen-bond donors (Lipinski definition) is 2. The van der Waals surface area contributed by atoms with Gasteiger partial charge in [-0.05, 0) is 48.9 Å². The molecule has 1 amide bonds. The molecule has 0 atom stereocenters. The van der Waals surface area contributed by atoms with Gasteiger partial charge in [0.05, 0.1) is 11.6 Å². The number of carbonyl (C=O) groups is 1. The van der Waals surface area contributed by atoms with Crippen LogP contribution in [0.25, 0.3) is 0 Å². The third-order valence-corrected chi connectivity index (χ3v) is 4.83. The van der Waals surface area contributed by atoms with E-state index in [1.807, 2.05) is 6.07 Å². The summed E-state index contributed by atoms with van der Waals surface area (Å²) in [5.74, 6) is 0.433. The lowest BCUT2D eigenvalue weighted by Crippen LogP contribution is -2.31. The van der Waals surface area contributed by atoms with Crippen molar-refractivity contribution in [1.82, 2.24) is 15.0 Å². The Balaban J connectivity index is 2.01. The zero-order valence-electron chi connectivity index (χ0n) is 15.8. The molecule has 152 valence electrons. The monoisotopic (exact) mass is 442 g/mol. The van der Waals surface area contributed by atoms with E-state index in [1.54, 1.807) is 49.4 Å². The van der Waals surface area contributed by atoms with Gasteiger partial charge in [-0.3, -0.25) is 0 Å². The first-order valence-corrected chi connectivity index (χ1v) is 9.62. The molecule has 0 aliphatic carbocycles. The lowest BCUT2D eigenvalue weighted by Gasteiger charge is -2.17. The van der Waals surface area contributed by atoms with E-state index < -0.39 is 6.09 Å². The molecule has 1 aromatic heterocycles. The summed E-state index contributed by atoms with van der Waals surface area (Å²) in [6.45, 7) is 1.83. The van der Waals surface area contributed by atoms with Gasteiger partial charge in [-0.2, -0.15) is 20.2 Å². The van der Waals surface area contributed by atoms with Gasteiger partial charge in [-0.15, -0.1) is 0 Å². The van der Waals surface area contributed by atoms with Crippen LogP contribution in [0.5, 0.6) is 0 Å². The Morgan fingerprint density at radius 2 is 1.80 bits per heavy atom. The SMILES string of the molecule is CCN(C(=O)O)c1nc(Cc2c(Cl)cccc2Cl)nc(Nc2ccc(C#N)cc2)n1. The van der Waals surface area contributed by atoms with Gasteiger partial charge in [0, 0.05) is 28.7 Å². The number of benzene rings is 2. The van der Waals surface area contributed by atoms with Crippen molar-refractivity contribution in [3.63, 3.8) is 0 Å². The number of hydrogen-bond acceptors (Lipinski definition) is 6. The molecular formula is C20H16Cl2N6O2. The maximum Gasteiger partial charge on any atom is 0.414 e. The lowest BCUT2D eigenvalue weighted by molar-refractivity contribution is 0.201. The average Bonchev–Trinajstić information content (AvgIpc) is 2.71. The normalized spacial score (nSPS) is 10.3. The number of carboxylic acid groups (broad SMARTS) is 1. The van der Waals surface area contributed by atoms with Gasteiger partial charge in [0.2, 0.25) is 11.9 Å². The molecule has 0 aliphatic heterocycles. The second kappa shape index (κ2) is 9.39. The Kier molecular flexibility index (Phi) is 6.67. The van der Waals surface area contributed by atoms with Crippen LogP contribution in [0, 0.1) is 11.3 Å². The van der Waals surface area contributed by atoms with Crippen molar-refractivity contribution in [3.8, 4) is 6.07 Å². The first-order chi connectivity index (χ1) is 14.4. The fraction of sp³-hybridized carbons (Fsp3) is 0.150. The molecule has 2 aromatic carbocycles. The maximum atomic E-state index is 11.6. The Morgan fingerprint density at radius 3 is 2.37 bits per heavy atom.